The van der Waals surface area contributed by atoms with E-state index in [1.54, 1.807) is 11.3 Å². The van der Waals surface area contributed by atoms with E-state index in [9.17, 15) is 0 Å². The van der Waals surface area contributed by atoms with Crippen LogP contribution in [-0.4, -0.2) is 42.6 Å². The lowest BCUT2D eigenvalue weighted by Crippen LogP contribution is -2.29. The van der Waals surface area contributed by atoms with Gasteiger partial charge in [-0.15, -0.1) is 11.3 Å². The second kappa shape index (κ2) is 8.45. The van der Waals surface area contributed by atoms with Crippen LogP contribution < -0.4 is 10.6 Å². The average molecular weight is 270 g/mol. The van der Waals surface area contributed by atoms with Crippen molar-refractivity contribution in [1.82, 2.24) is 9.88 Å². The summed E-state index contributed by atoms with van der Waals surface area (Å²) in [6.07, 6.45) is 3.08. The molecule has 0 saturated heterocycles. The maximum absolute atomic E-state index is 5.63. The molecule has 104 valence electrons. The van der Waals surface area contributed by atoms with Gasteiger partial charge in [0.05, 0.1) is 0 Å². The molecule has 1 aromatic heterocycles. The van der Waals surface area contributed by atoms with E-state index < -0.39 is 0 Å². The summed E-state index contributed by atoms with van der Waals surface area (Å²) in [4.78, 5) is 10.4. The molecule has 0 bridgehead atoms. The Morgan fingerprint density at radius 1 is 1.17 bits per heavy atom. The van der Waals surface area contributed by atoms with Crippen LogP contribution in [0.3, 0.4) is 0 Å². The van der Waals surface area contributed by atoms with Gasteiger partial charge in [-0.3, -0.25) is 0 Å². The molecule has 1 heterocycles. The smallest absolute Gasteiger partial charge is 0.185 e. The molecular formula is C13H26N4S. The van der Waals surface area contributed by atoms with Crippen molar-refractivity contribution >= 4 is 16.5 Å². The van der Waals surface area contributed by atoms with Gasteiger partial charge in [0.25, 0.3) is 0 Å². The van der Waals surface area contributed by atoms with Crippen LogP contribution >= 0.6 is 11.3 Å². The van der Waals surface area contributed by atoms with Gasteiger partial charge in [-0.1, -0.05) is 13.8 Å². The van der Waals surface area contributed by atoms with Crippen molar-refractivity contribution in [3.05, 3.63) is 11.1 Å². The van der Waals surface area contributed by atoms with E-state index in [4.69, 9.17) is 5.73 Å². The number of hydrogen-bond acceptors (Lipinski definition) is 5. The summed E-state index contributed by atoms with van der Waals surface area (Å²) in [5.41, 5.74) is 5.63. The normalized spacial score (nSPS) is 11.2. The zero-order chi connectivity index (χ0) is 13.4. The molecule has 2 N–H and O–H groups in total. The van der Waals surface area contributed by atoms with Crippen LogP contribution in [-0.2, 0) is 6.54 Å². The third-order valence-corrected chi connectivity index (χ3v) is 4.27. The first kappa shape index (κ1) is 15.4. The van der Waals surface area contributed by atoms with Gasteiger partial charge in [0, 0.05) is 30.7 Å². The molecule has 1 rings (SSSR count). The summed E-state index contributed by atoms with van der Waals surface area (Å²) >= 11 is 1.71. The number of nitrogens with zero attached hydrogens (tertiary/aromatic N) is 3. The standard InChI is InChI=1S/C13H26N4S/c1-4-16(5-2)8-7-9-17(6-3)13-15-11-12(10-14)18-13/h11H,4-10,14H2,1-3H3. The number of anilines is 1. The van der Waals surface area contributed by atoms with Gasteiger partial charge < -0.3 is 15.5 Å². The quantitative estimate of drug-likeness (QED) is 0.747. The lowest BCUT2D eigenvalue weighted by molar-refractivity contribution is 0.301. The Bertz CT molecular complexity index is 323. The molecule has 0 amide bonds. The van der Waals surface area contributed by atoms with Crippen molar-refractivity contribution in [3.63, 3.8) is 0 Å². The topological polar surface area (TPSA) is 45.4 Å². The minimum atomic E-state index is 0.592. The molecule has 0 spiro atoms. The van der Waals surface area contributed by atoms with Gasteiger partial charge in [0.15, 0.2) is 5.13 Å². The monoisotopic (exact) mass is 270 g/mol. The molecule has 1 aromatic rings. The van der Waals surface area contributed by atoms with Gasteiger partial charge in [0.2, 0.25) is 0 Å². The Labute approximate surface area is 115 Å². The van der Waals surface area contributed by atoms with E-state index in [0.717, 1.165) is 36.2 Å². The van der Waals surface area contributed by atoms with Crippen LogP contribution in [0.15, 0.2) is 6.20 Å². The van der Waals surface area contributed by atoms with Gasteiger partial charge >= 0.3 is 0 Å². The number of thiazole rings is 1. The lowest BCUT2D eigenvalue weighted by Gasteiger charge is -2.23. The van der Waals surface area contributed by atoms with Crippen molar-refractivity contribution in [2.45, 2.75) is 33.7 Å². The van der Waals surface area contributed by atoms with Gasteiger partial charge in [-0.2, -0.15) is 0 Å². The summed E-state index contributed by atoms with van der Waals surface area (Å²) in [5, 5.41) is 1.11. The average Bonchev–Trinajstić information content (AvgIpc) is 2.88. The van der Waals surface area contributed by atoms with Crippen molar-refractivity contribution in [2.24, 2.45) is 5.73 Å². The fraction of sp³-hybridized carbons (Fsp3) is 0.769. The summed E-state index contributed by atoms with van der Waals surface area (Å²) in [6, 6.07) is 0. The third kappa shape index (κ3) is 4.55. The number of hydrogen-bond donors (Lipinski definition) is 1. The minimum Gasteiger partial charge on any atom is -0.348 e. The second-order valence-electron chi connectivity index (χ2n) is 4.27. The molecule has 0 unspecified atom stereocenters. The zero-order valence-electron chi connectivity index (χ0n) is 11.9. The predicted octanol–water partition coefficient (Wildman–Crippen LogP) is 2.16. The van der Waals surface area contributed by atoms with Crippen LogP contribution in [0.25, 0.3) is 0 Å². The Morgan fingerprint density at radius 3 is 2.39 bits per heavy atom. The predicted molar refractivity (Wildman–Crippen MR) is 80.3 cm³/mol. The summed E-state index contributed by atoms with van der Waals surface area (Å²) in [5.74, 6) is 0. The first-order valence-corrected chi connectivity index (χ1v) is 7.68. The largest absolute Gasteiger partial charge is 0.348 e. The first-order chi connectivity index (χ1) is 8.74. The van der Waals surface area contributed by atoms with Crippen molar-refractivity contribution in [1.29, 1.82) is 0 Å². The van der Waals surface area contributed by atoms with Crippen molar-refractivity contribution in [2.75, 3.05) is 37.6 Å². The Kier molecular flexibility index (Phi) is 7.23. The van der Waals surface area contributed by atoms with E-state index >= 15 is 0 Å². The molecule has 18 heavy (non-hydrogen) atoms. The van der Waals surface area contributed by atoms with E-state index in [0.29, 0.717) is 6.54 Å². The van der Waals surface area contributed by atoms with Crippen LogP contribution in [0, 0.1) is 0 Å². The molecule has 0 atom stereocenters. The second-order valence-corrected chi connectivity index (χ2v) is 5.37. The van der Waals surface area contributed by atoms with E-state index in [1.165, 1.54) is 13.0 Å². The Balaban J connectivity index is 2.42. The van der Waals surface area contributed by atoms with Gasteiger partial charge in [-0.05, 0) is 33.0 Å². The molecular weight excluding hydrogens is 244 g/mol. The molecule has 4 nitrogen and oxygen atoms in total. The highest BCUT2D eigenvalue weighted by Gasteiger charge is 2.09. The van der Waals surface area contributed by atoms with Crippen LogP contribution in [0.5, 0.6) is 0 Å². The van der Waals surface area contributed by atoms with E-state index in [1.807, 2.05) is 6.20 Å². The fourth-order valence-corrected chi connectivity index (χ4v) is 2.83. The number of nitrogens with two attached hydrogens (primary N) is 1. The van der Waals surface area contributed by atoms with Crippen LogP contribution in [0.1, 0.15) is 32.1 Å². The summed E-state index contributed by atoms with van der Waals surface area (Å²) < 4.78 is 0. The molecule has 0 fully saturated rings. The van der Waals surface area contributed by atoms with Gasteiger partial charge in [0.1, 0.15) is 0 Å². The molecule has 0 aromatic carbocycles. The molecule has 0 aliphatic rings. The molecule has 0 aliphatic heterocycles. The molecule has 0 aliphatic carbocycles. The number of aromatic nitrogens is 1. The fourth-order valence-electron chi connectivity index (χ4n) is 1.95. The van der Waals surface area contributed by atoms with Crippen molar-refractivity contribution in [3.8, 4) is 0 Å². The SMILES string of the molecule is CCN(CC)CCCN(CC)c1ncc(CN)s1. The number of rotatable bonds is 9. The van der Waals surface area contributed by atoms with E-state index in [2.05, 4.69) is 35.6 Å². The van der Waals surface area contributed by atoms with Crippen LogP contribution in [0.4, 0.5) is 5.13 Å². The summed E-state index contributed by atoms with van der Waals surface area (Å²) in [6.45, 7) is 12.7. The third-order valence-electron chi connectivity index (χ3n) is 3.19. The molecule has 5 heteroatoms. The summed E-state index contributed by atoms with van der Waals surface area (Å²) in [7, 11) is 0. The maximum Gasteiger partial charge on any atom is 0.185 e. The van der Waals surface area contributed by atoms with Crippen molar-refractivity contribution < 1.29 is 0 Å². The Morgan fingerprint density at radius 2 is 1.89 bits per heavy atom. The minimum absolute atomic E-state index is 0.592. The highest BCUT2D eigenvalue weighted by molar-refractivity contribution is 7.15. The highest BCUT2D eigenvalue weighted by Crippen LogP contribution is 2.22. The maximum atomic E-state index is 5.63. The Hall–Kier alpha value is -0.650. The molecule has 0 radical (unpaired) electrons. The lowest BCUT2D eigenvalue weighted by atomic mass is 10.3. The van der Waals surface area contributed by atoms with Gasteiger partial charge in [-0.25, -0.2) is 4.98 Å². The molecule has 0 saturated carbocycles. The van der Waals surface area contributed by atoms with Crippen LogP contribution in [0.2, 0.25) is 0 Å². The highest BCUT2D eigenvalue weighted by atomic mass is 32.1. The van der Waals surface area contributed by atoms with E-state index in [-0.39, 0.29) is 0 Å². The zero-order valence-corrected chi connectivity index (χ0v) is 12.7. The first-order valence-electron chi connectivity index (χ1n) is 6.87.